The first-order valence-corrected chi connectivity index (χ1v) is 18.2. The summed E-state index contributed by atoms with van der Waals surface area (Å²) in [6.45, 7) is 16.0. The average Bonchev–Trinajstić information content (AvgIpc) is 3.55. The Hall–Kier alpha value is -1.26. The van der Waals surface area contributed by atoms with Gasteiger partial charge in [0.05, 0.1) is 40.4 Å². The fourth-order valence-corrected chi connectivity index (χ4v) is 12.0. The van der Waals surface area contributed by atoms with Crippen molar-refractivity contribution in [2.24, 2.45) is 34.5 Å². The van der Waals surface area contributed by atoms with Crippen LogP contribution in [0.4, 0.5) is 0 Å². The van der Waals surface area contributed by atoms with Crippen LogP contribution in [0.2, 0.25) is 0 Å². The Labute approximate surface area is 271 Å². The number of carbonyl (C=O) groups is 2. The lowest BCUT2D eigenvalue weighted by Crippen LogP contribution is -2.62. The van der Waals surface area contributed by atoms with E-state index in [0.717, 1.165) is 82.3 Å². The first-order valence-electron chi connectivity index (χ1n) is 18.2. The number of hydrogen-bond donors (Lipinski definition) is 0. The van der Waals surface area contributed by atoms with E-state index < -0.39 is 5.79 Å². The Kier molecular flexibility index (Phi) is 8.40. The van der Waals surface area contributed by atoms with E-state index in [-0.39, 0.29) is 41.0 Å². The summed E-state index contributed by atoms with van der Waals surface area (Å²) >= 11 is 0. The lowest BCUT2D eigenvalue weighted by Gasteiger charge is -2.62. The normalized spacial score (nSPS) is 46.2. The largest absolute Gasteiger partial charge is 0.461 e. The van der Waals surface area contributed by atoms with Gasteiger partial charge in [0, 0.05) is 70.4 Å². The van der Waals surface area contributed by atoms with Gasteiger partial charge in [-0.1, -0.05) is 13.8 Å². The van der Waals surface area contributed by atoms with E-state index in [0.29, 0.717) is 42.9 Å². The number of esters is 2. The van der Waals surface area contributed by atoms with Gasteiger partial charge in [-0.2, -0.15) is 0 Å². The number of hydrogen-bond acceptors (Lipinski definition) is 8. The fourth-order valence-electron chi connectivity index (χ4n) is 12.0. The van der Waals surface area contributed by atoms with Crippen molar-refractivity contribution in [1.82, 2.24) is 9.80 Å². The fraction of sp³-hybridized carbons (Fsp3) is 0.944. The molecule has 3 heterocycles. The topological polar surface area (TPSA) is 77.5 Å². The molecule has 254 valence electrons. The highest BCUT2D eigenvalue weighted by Crippen LogP contribution is 2.67. The molecule has 0 N–H and O–H groups in total. The van der Waals surface area contributed by atoms with Crippen molar-refractivity contribution >= 4 is 11.9 Å². The van der Waals surface area contributed by atoms with Crippen LogP contribution in [0.5, 0.6) is 0 Å². The molecule has 0 bridgehead atoms. The van der Waals surface area contributed by atoms with E-state index >= 15 is 0 Å². The van der Waals surface area contributed by atoms with E-state index in [1.54, 1.807) is 13.8 Å². The first-order chi connectivity index (χ1) is 21.3. The third-order valence-corrected chi connectivity index (χ3v) is 14.5. The van der Waals surface area contributed by atoms with Gasteiger partial charge in [-0.15, -0.1) is 0 Å². The van der Waals surface area contributed by atoms with E-state index in [2.05, 4.69) is 37.7 Å². The molecule has 45 heavy (non-hydrogen) atoms. The maximum Gasteiger partial charge on any atom is 0.302 e. The summed E-state index contributed by atoms with van der Waals surface area (Å²) in [6.07, 6.45) is 9.69. The Morgan fingerprint density at radius 2 is 1.40 bits per heavy atom. The van der Waals surface area contributed by atoms with Gasteiger partial charge in [0.15, 0.2) is 5.79 Å². The third kappa shape index (κ3) is 5.68. The molecule has 0 unspecified atom stereocenters. The number of carbonyl (C=O) groups excluding carboxylic acids is 2. The summed E-state index contributed by atoms with van der Waals surface area (Å²) in [5.41, 5.74) is 0.238. The molecular weight excluding hydrogens is 570 g/mol. The zero-order valence-corrected chi connectivity index (χ0v) is 28.9. The molecule has 7 fully saturated rings. The van der Waals surface area contributed by atoms with Crippen LogP contribution in [0.1, 0.15) is 85.5 Å². The summed E-state index contributed by atoms with van der Waals surface area (Å²) < 4.78 is 25.7. The van der Waals surface area contributed by atoms with Gasteiger partial charge in [0.1, 0.15) is 12.2 Å². The summed E-state index contributed by atoms with van der Waals surface area (Å²) in [5, 5.41) is 0. The van der Waals surface area contributed by atoms with Crippen molar-refractivity contribution in [3.05, 3.63) is 0 Å². The van der Waals surface area contributed by atoms with Crippen molar-refractivity contribution in [3.63, 3.8) is 0 Å². The lowest BCUT2D eigenvalue weighted by atomic mass is 9.44. The molecule has 4 aliphatic carbocycles. The molecule has 0 amide bonds. The SMILES string of the molecule is CC(=O)O[C@H]1C[C@@H]2CC[C@@H]3[C@H](CC[C@@]4(C)[C@H]3C[C@H](N3CC[N+](C)(C)CC3)[C@@H]4OC(C)=O)[C@@]2(C)C[C@@H]1N1CCC2(CC1)OCCO2. The van der Waals surface area contributed by atoms with Crippen LogP contribution in [0.15, 0.2) is 0 Å². The minimum absolute atomic E-state index is 0.0201. The van der Waals surface area contributed by atoms with Crippen molar-refractivity contribution in [3.8, 4) is 0 Å². The quantitative estimate of drug-likeness (QED) is 0.340. The zero-order chi connectivity index (χ0) is 31.8. The number of likely N-dealkylation sites (N-methyl/N-ethyl adjacent to an activating group) is 1. The minimum Gasteiger partial charge on any atom is -0.461 e. The zero-order valence-electron chi connectivity index (χ0n) is 28.9. The molecule has 10 atom stereocenters. The molecule has 7 aliphatic rings. The molecule has 7 rings (SSSR count). The van der Waals surface area contributed by atoms with Crippen LogP contribution in [0.25, 0.3) is 0 Å². The maximum absolute atomic E-state index is 12.5. The van der Waals surface area contributed by atoms with E-state index in [4.69, 9.17) is 18.9 Å². The Morgan fingerprint density at radius 3 is 2.04 bits per heavy atom. The molecule has 3 aliphatic heterocycles. The molecule has 0 radical (unpaired) electrons. The van der Waals surface area contributed by atoms with Gasteiger partial charge in [0.2, 0.25) is 0 Å². The Balaban J connectivity index is 1.13. The highest BCUT2D eigenvalue weighted by atomic mass is 16.7. The summed E-state index contributed by atoms with van der Waals surface area (Å²) in [6, 6.07) is 0.558. The van der Waals surface area contributed by atoms with Crippen LogP contribution >= 0.6 is 0 Å². The van der Waals surface area contributed by atoms with Gasteiger partial charge in [-0.25, -0.2) is 0 Å². The second-order valence-electron chi connectivity index (χ2n) is 17.3. The average molecular weight is 631 g/mol. The second kappa shape index (κ2) is 11.7. The van der Waals surface area contributed by atoms with Crippen molar-refractivity contribution in [2.45, 2.75) is 116 Å². The Morgan fingerprint density at radius 1 is 0.756 bits per heavy atom. The highest BCUT2D eigenvalue weighted by molar-refractivity contribution is 5.66. The molecule has 9 heteroatoms. The molecule has 1 spiro atoms. The summed E-state index contributed by atoms with van der Waals surface area (Å²) in [5.74, 6) is 1.77. The number of fused-ring (bicyclic) bond motifs is 5. The van der Waals surface area contributed by atoms with Crippen LogP contribution in [0, 0.1) is 34.5 Å². The number of nitrogens with zero attached hydrogens (tertiary/aromatic N) is 3. The number of piperazine rings is 1. The van der Waals surface area contributed by atoms with Gasteiger partial charge < -0.3 is 23.4 Å². The lowest BCUT2D eigenvalue weighted by molar-refractivity contribution is -0.894. The molecule has 4 saturated carbocycles. The second-order valence-corrected chi connectivity index (χ2v) is 17.3. The first kappa shape index (κ1) is 32.3. The van der Waals surface area contributed by atoms with Gasteiger partial charge in [-0.05, 0) is 74.0 Å². The standard InChI is InChI=1S/C36H60N3O6/c1-24(40)44-32-21-26-7-8-27-28(35(26,4)23-31(32)37-13-11-36(12-14-37)42-19-20-43-36)9-10-34(3)29(27)22-30(33(34)45-25(2)41)38-15-17-39(5,6)18-16-38/h26-33H,7-23H2,1-6H3/q+1/t26-,27+,28-,29-,30-,31-,32-,33-,34-,35-/m0/s1. The van der Waals surface area contributed by atoms with Crippen LogP contribution < -0.4 is 0 Å². The van der Waals surface area contributed by atoms with Crippen LogP contribution in [-0.4, -0.2) is 123 Å². The molecule has 0 aromatic rings. The molecule has 9 nitrogen and oxygen atoms in total. The predicted molar refractivity (Wildman–Crippen MR) is 170 cm³/mol. The summed E-state index contributed by atoms with van der Waals surface area (Å²) in [7, 11) is 4.67. The van der Waals surface area contributed by atoms with E-state index in [9.17, 15) is 9.59 Å². The van der Waals surface area contributed by atoms with Crippen molar-refractivity contribution in [2.75, 3.05) is 66.6 Å². The smallest absolute Gasteiger partial charge is 0.302 e. The van der Waals surface area contributed by atoms with Crippen LogP contribution in [0.3, 0.4) is 0 Å². The number of ether oxygens (including phenoxy) is 4. The van der Waals surface area contributed by atoms with Gasteiger partial charge in [-0.3, -0.25) is 19.4 Å². The summed E-state index contributed by atoms with van der Waals surface area (Å²) in [4.78, 5) is 30.2. The molecule has 3 saturated heterocycles. The molecule has 0 aromatic carbocycles. The number of quaternary nitrogens is 1. The number of likely N-dealkylation sites (tertiary alicyclic amines) is 1. The van der Waals surface area contributed by atoms with Crippen LogP contribution in [-0.2, 0) is 28.5 Å². The van der Waals surface area contributed by atoms with Crippen molar-refractivity contribution in [1.29, 1.82) is 0 Å². The van der Waals surface area contributed by atoms with E-state index in [1.807, 2.05) is 0 Å². The molecular formula is C36H60N3O6+. The van der Waals surface area contributed by atoms with E-state index in [1.165, 1.54) is 19.3 Å². The van der Waals surface area contributed by atoms with Crippen molar-refractivity contribution < 1.29 is 33.0 Å². The third-order valence-electron chi connectivity index (χ3n) is 14.5. The predicted octanol–water partition coefficient (Wildman–Crippen LogP) is 4.08. The minimum atomic E-state index is -0.404. The highest BCUT2D eigenvalue weighted by Gasteiger charge is 2.65. The molecule has 0 aromatic heterocycles. The monoisotopic (exact) mass is 630 g/mol. The maximum atomic E-state index is 12.5. The number of rotatable bonds is 4. The van der Waals surface area contributed by atoms with Gasteiger partial charge >= 0.3 is 11.9 Å². The van der Waals surface area contributed by atoms with Gasteiger partial charge in [0.25, 0.3) is 0 Å². The number of piperidine rings is 1. The Bertz CT molecular complexity index is 1120.